The first-order chi connectivity index (χ1) is 17.8. The lowest BCUT2D eigenvalue weighted by molar-refractivity contribution is -0.380. The summed E-state index contributed by atoms with van der Waals surface area (Å²) in [5.41, 5.74) is -8.30. The Bertz CT molecular complexity index is 1090. The van der Waals surface area contributed by atoms with Crippen LogP contribution in [0.15, 0.2) is 12.2 Å². The highest BCUT2D eigenvalue weighted by Gasteiger charge is 2.77. The Hall–Kier alpha value is -2.15. The number of rotatable bonds is 12. The summed E-state index contributed by atoms with van der Waals surface area (Å²) in [6.45, 7) is 1.06. The summed E-state index contributed by atoms with van der Waals surface area (Å²) in [5, 5.41) is -5.89. The molecule has 0 heterocycles. The van der Waals surface area contributed by atoms with Crippen LogP contribution >= 0.6 is 0 Å². The first kappa shape index (κ1) is 34.1. The Morgan fingerprint density at radius 1 is 1.00 bits per heavy atom. The molecule has 2 aliphatic carbocycles. The van der Waals surface area contributed by atoms with E-state index in [2.05, 4.69) is 16.1 Å². The number of esters is 2. The topological polar surface area (TPSA) is 116 Å². The summed E-state index contributed by atoms with van der Waals surface area (Å²) < 4.78 is 180. The Morgan fingerprint density at radius 2 is 1.55 bits per heavy atom. The number of ether oxygens (including phenoxy) is 3. The molecule has 19 heteroatoms. The molecule has 40 heavy (non-hydrogen) atoms. The van der Waals surface area contributed by atoms with Crippen molar-refractivity contribution in [1.82, 2.24) is 0 Å². The van der Waals surface area contributed by atoms with Gasteiger partial charge in [0.25, 0.3) is 0 Å². The predicted octanol–water partition coefficient (Wildman–Crippen LogP) is 4.98. The first-order valence-electron chi connectivity index (χ1n) is 11.4. The van der Waals surface area contributed by atoms with Gasteiger partial charge in [-0.25, -0.2) is 4.79 Å². The van der Waals surface area contributed by atoms with Crippen LogP contribution in [0.2, 0.25) is 0 Å². The van der Waals surface area contributed by atoms with E-state index in [0.717, 1.165) is 0 Å². The normalized spacial score (nSPS) is 24.2. The van der Waals surface area contributed by atoms with Crippen molar-refractivity contribution < 1.29 is 80.7 Å². The van der Waals surface area contributed by atoms with Crippen molar-refractivity contribution in [3.8, 4) is 0 Å². The van der Waals surface area contributed by atoms with E-state index in [1.165, 1.54) is 0 Å². The molecule has 0 aromatic rings. The second-order valence-electron chi connectivity index (χ2n) is 9.73. The van der Waals surface area contributed by atoms with Crippen molar-refractivity contribution in [3.05, 3.63) is 12.2 Å². The molecular weight excluding hydrogens is 602 g/mol. The average molecular weight is 626 g/mol. The molecule has 0 saturated heterocycles. The van der Waals surface area contributed by atoms with Crippen LogP contribution in [-0.2, 0) is 33.9 Å². The lowest BCUT2D eigenvalue weighted by Gasteiger charge is -2.45. The fourth-order valence-corrected chi connectivity index (χ4v) is 5.48. The quantitative estimate of drug-likeness (QED) is 0.106. The molecule has 232 valence electrons. The third kappa shape index (κ3) is 6.50. The predicted molar refractivity (Wildman–Crippen MR) is 112 cm³/mol. The third-order valence-electron chi connectivity index (χ3n) is 6.87. The minimum absolute atomic E-state index is 0.0733. The molecule has 2 fully saturated rings. The summed E-state index contributed by atoms with van der Waals surface area (Å²) in [6.07, 6.45) is -16.3. The molecule has 3 atom stereocenters. The molecular formula is C21H24F10O8S. The highest BCUT2D eigenvalue weighted by atomic mass is 32.2. The maximum Gasteiger partial charge on any atom is 0.437 e. The zero-order chi connectivity index (χ0) is 31.2. The van der Waals surface area contributed by atoms with Gasteiger partial charge in [0, 0.05) is 19.8 Å². The molecule has 0 aromatic carbocycles. The molecule has 2 rings (SSSR count). The third-order valence-corrected chi connectivity index (χ3v) is 7.82. The Morgan fingerprint density at radius 3 is 1.95 bits per heavy atom. The van der Waals surface area contributed by atoms with Gasteiger partial charge in [-0.3, -0.25) is 9.35 Å². The van der Waals surface area contributed by atoms with Crippen LogP contribution in [0.5, 0.6) is 0 Å². The zero-order valence-corrected chi connectivity index (χ0v) is 21.3. The highest BCUT2D eigenvalue weighted by Crippen LogP contribution is 2.60. The molecule has 0 spiro atoms. The molecule has 8 nitrogen and oxygen atoms in total. The molecule has 1 N–H and O–H groups in total. The standard InChI is InChI=1S/C21H24F10O8S/c1-11(9-37-6-5-18(22,23)21(30,31)40(34,35)36)15(33)39-16(8-13-3-4-14(16)7-13)10-17(19(24,25)26,20(27,28)29)38-12(2)32/h13-14H,1,3-10H2,2H3,(H,34,35,36). The second kappa shape index (κ2) is 10.9. The van der Waals surface area contributed by atoms with Crippen LogP contribution in [0.1, 0.15) is 45.4 Å². The Balaban J connectivity index is 2.22. The number of carbonyl (C=O) groups excluding carboxylic acids is 2. The molecule has 2 saturated carbocycles. The fourth-order valence-electron chi connectivity index (χ4n) is 5.00. The van der Waals surface area contributed by atoms with Crippen LogP contribution in [0.4, 0.5) is 43.9 Å². The van der Waals surface area contributed by atoms with Gasteiger partial charge in [0.05, 0.1) is 18.8 Å². The van der Waals surface area contributed by atoms with Gasteiger partial charge in [-0.1, -0.05) is 6.58 Å². The highest BCUT2D eigenvalue weighted by molar-refractivity contribution is 7.87. The summed E-state index contributed by atoms with van der Waals surface area (Å²) in [4.78, 5) is 24.0. The SMILES string of the molecule is C=C(COCCC(F)(F)C(F)(F)S(=O)(=O)O)C(=O)OC1(CC(OC(C)=O)(C(F)(F)F)C(F)(F)F)CC2CCC1C2. The van der Waals surface area contributed by atoms with Gasteiger partial charge in [-0.15, -0.1) is 0 Å². The van der Waals surface area contributed by atoms with E-state index in [-0.39, 0.29) is 12.8 Å². The summed E-state index contributed by atoms with van der Waals surface area (Å²) >= 11 is 0. The number of hydrogen-bond acceptors (Lipinski definition) is 7. The van der Waals surface area contributed by atoms with Crippen molar-refractivity contribution in [1.29, 1.82) is 0 Å². The molecule has 3 unspecified atom stereocenters. The van der Waals surface area contributed by atoms with E-state index < -0.39 is 107 Å². The largest absolute Gasteiger partial charge is 0.455 e. The summed E-state index contributed by atoms with van der Waals surface area (Å²) in [7, 11) is -6.52. The second-order valence-corrected chi connectivity index (χ2v) is 11.2. The Kier molecular flexibility index (Phi) is 9.30. The molecule has 2 aliphatic rings. The van der Waals surface area contributed by atoms with Crippen LogP contribution < -0.4 is 0 Å². The Labute approximate surface area is 220 Å². The lowest BCUT2D eigenvalue weighted by Crippen LogP contribution is -2.64. The number of hydrogen-bond donors (Lipinski definition) is 1. The van der Waals surface area contributed by atoms with Crippen LogP contribution in [0, 0.1) is 11.8 Å². The van der Waals surface area contributed by atoms with Gasteiger partial charge < -0.3 is 14.2 Å². The van der Waals surface area contributed by atoms with Crippen molar-refractivity contribution in [2.24, 2.45) is 11.8 Å². The maximum atomic E-state index is 13.9. The molecule has 2 bridgehead atoms. The molecule has 0 radical (unpaired) electrons. The van der Waals surface area contributed by atoms with Gasteiger partial charge in [0.1, 0.15) is 5.60 Å². The van der Waals surface area contributed by atoms with E-state index in [4.69, 9.17) is 9.29 Å². The van der Waals surface area contributed by atoms with E-state index in [1.807, 2.05) is 0 Å². The van der Waals surface area contributed by atoms with E-state index in [9.17, 15) is 61.9 Å². The van der Waals surface area contributed by atoms with Crippen molar-refractivity contribution in [3.63, 3.8) is 0 Å². The smallest absolute Gasteiger partial charge is 0.437 e. The van der Waals surface area contributed by atoms with Crippen molar-refractivity contribution in [2.45, 2.75) is 80.2 Å². The lowest BCUT2D eigenvalue weighted by atomic mass is 9.75. The summed E-state index contributed by atoms with van der Waals surface area (Å²) in [5.74, 6) is -10.3. The molecule has 0 aliphatic heterocycles. The monoisotopic (exact) mass is 626 g/mol. The average Bonchev–Trinajstić information content (AvgIpc) is 3.34. The van der Waals surface area contributed by atoms with E-state index in [1.54, 1.807) is 0 Å². The molecule has 0 amide bonds. The number of carbonyl (C=O) groups is 2. The fraction of sp³-hybridized carbons (Fsp3) is 0.810. The van der Waals surface area contributed by atoms with Crippen LogP contribution in [-0.4, -0.2) is 72.9 Å². The van der Waals surface area contributed by atoms with Gasteiger partial charge >= 0.3 is 51.2 Å². The number of fused-ring (bicyclic) bond motifs is 2. The molecule has 0 aromatic heterocycles. The minimum Gasteiger partial charge on any atom is -0.455 e. The van der Waals surface area contributed by atoms with Crippen LogP contribution in [0.25, 0.3) is 0 Å². The van der Waals surface area contributed by atoms with Gasteiger partial charge in [-0.2, -0.15) is 52.3 Å². The van der Waals surface area contributed by atoms with Gasteiger partial charge in [0.2, 0.25) is 0 Å². The van der Waals surface area contributed by atoms with Crippen LogP contribution in [0.3, 0.4) is 0 Å². The summed E-state index contributed by atoms with van der Waals surface area (Å²) in [6, 6.07) is 0. The zero-order valence-electron chi connectivity index (χ0n) is 20.5. The number of halogens is 10. The first-order valence-corrected chi connectivity index (χ1v) is 12.8. The van der Waals surface area contributed by atoms with Crippen molar-refractivity contribution >= 4 is 22.1 Å². The van der Waals surface area contributed by atoms with Gasteiger partial charge in [0.15, 0.2) is 0 Å². The van der Waals surface area contributed by atoms with Gasteiger partial charge in [-0.05, 0) is 37.5 Å². The minimum atomic E-state index is -6.52. The van der Waals surface area contributed by atoms with E-state index >= 15 is 0 Å². The van der Waals surface area contributed by atoms with E-state index in [0.29, 0.717) is 13.3 Å². The maximum absolute atomic E-state index is 13.9. The number of alkyl halides is 10. The van der Waals surface area contributed by atoms with Crippen molar-refractivity contribution in [2.75, 3.05) is 13.2 Å².